The Morgan fingerprint density at radius 2 is 1.77 bits per heavy atom. The predicted molar refractivity (Wildman–Crippen MR) is 71.3 cm³/mol. The number of benzene rings is 1. The number of carboxylic acids is 1. The predicted octanol–water partition coefficient (Wildman–Crippen LogP) is 2.50. The van der Waals surface area contributed by atoms with Gasteiger partial charge >= 0.3 is 12.3 Å². The summed E-state index contributed by atoms with van der Waals surface area (Å²) in [5.74, 6) is -1.50. The Labute approximate surface area is 125 Å². The topological polar surface area (TPSA) is 75.6 Å². The van der Waals surface area contributed by atoms with Crippen LogP contribution in [0.2, 0.25) is 0 Å². The Bertz CT molecular complexity index is 500. The Balaban J connectivity index is 2.31. The monoisotopic (exact) mass is 319 g/mol. The quantitative estimate of drug-likeness (QED) is 0.722. The highest BCUT2D eigenvalue weighted by atomic mass is 19.4. The SMILES string of the molecule is O=C(O)CCCCNC(=O)Cc1ccc(OC(F)(F)F)cc1. The number of rotatable bonds is 8. The number of nitrogens with one attached hydrogen (secondary N) is 1. The average Bonchev–Trinajstić information content (AvgIpc) is 2.38. The van der Waals surface area contributed by atoms with Crippen LogP contribution in [0.5, 0.6) is 5.75 Å². The molecule has 0 spiro atoms. The average molecular weight is 319 g/mol. The fourth-order valence-corrected chi connectivity index (χ4v) is 1.69. The number of carboxylic acid groups (broad SMARTS) is 1. The number of aliphatic carboxylic acids is 1. The zero-order valence-electron chi connectivity index (χ0n) is 11.7. The number of halogens is 3. The van der Waals surface area contributed by atoms with Crippen molar-refractivity contribution < 1.29 is 32.6 Å². The maximum absolute atomic E-state index is 12.0. The molecule has 0 radical (unpaired) electrons. The normalized spacial score (nSPS) is 11.0. The van der Waals surface area contributed by atoms with Crippen LogP contribution in [0.4, 0.5) is 13.2 Å². The van der Waals surface area contributed by atoms with Crippen molar-refractivity contribution in [3.8, 4) is 5.75 Å². The molecular weight excluding hydrogens is 303 g/mol. The highest BCUT2D eigenvalue weighted by Gasteiger charge is 2.30. The molecule has 0 bridgehead atoms. The Morgan fingerprint density at radius 1 is 1.14 bits per heavy atom. The highest BCUT2D eigenvalue weighted by molar-refractivity contribution is 5.78. The molecule has 1 aromatic rings. The molecule has 0 unspecified atom stereocenters. The van der Waals surface area contributed by atoms with Gasteiger partial charge in [0.2, 0.25) is 5.91 Å². The van der Waals surface area contributed by atoms with Gasteiger partial charge in [0, 0.05) is 13.0 Å². The Morgan fingerprint density at radius 3 is 2.32 bits per heavy atom. The van der Waals surface area contributed by atoms with E-state index < -0.39 is 12.3 Å². The van der Waals surface area contributed by atoms with Gasteiger partial charge in [-0.15, -0.1) is 13.2 Å². The molecule has 0 aliphatic carbocycles. The molecule has 1 rings (SSSR count). The van der Waals surface area contributed by atoms with E-state index in [2.05, 4.69) is 10.1 Å². The molecule has 0 fully saturated rings. The first kappa shape index (κ1) is 17.8. The van der Waals surface area contributed by atoms with E-state index in [0.29, 0.717) is 24.9 Å². The van der Waals surface area contributed by atoms with Crippen LogP contribution in [0.15, 0.2) is 24.3 Å². The number of hydrogen-bond donors (Lipinski definition) is 2. The maximum Gasteiger partial charge on any atom is 0.573 e. The largest absolute Gasteiger partial charge is 0.573 e. The molecule has 8 heteroatoms. The number of carbonyl (C=O) groups excluding carboxylic acids is 1. The summed E-state index contributed by atoms with van der Waals surface area (Å²) in [7, 11) is 0. The summed E-state index contributed by atoms with van der Waals surface area (Å²) in [4.78, 5) is 21.9. The molecular formula is C14H16F3NO4. The zero-order chi connectivity index (χ0) is 16.6. The van der Waals surface area contributed by atoms with E-state index in [0.717, 1.165) is 12.1 Å². The second-order valence-electron chi connectivity index (χ2n) is 4.57. The van der Waals surface area contributed by atoms with E-state index in [9.17, 15) is 22.8 Å². The fourth-order valence-electron chi connectivity index (χ4n) is 1.69. The molecule has 1 amide bonds. The minimum Gasteiger partial charge on any atom is -0.481 e. The lowest BCUT2D eigenvalue weighted by Gasteiger charge is -2.09. The van der Waals surface area contributed by atoms with Gasteiger partial charge in [0.1, 0.15) is 5.75 Å². The number of unbranched alkanes of at least 4 members (excludes halogenated alkanes) is 1. The van der Waals surface area contributed by atoms with Crippen molar-refractivity contribution >= 4 is 11.9 Å². The minimum absolute atomic E-state index is 0.0330. The number of alkyl halides is 3. The summed E-state index contributed by atoms with van der Waals surface area (Å²) in [6.45, 7) is 0.362. The van der Waals surface area contributed by atoms with Gasteiger partial charge in [0.15, 0.2) is 0 Å². The minimum atomic E-state index is -4.74. The summed E-state index contributed by atoms with van der Waals surface area (Å²) in [6, 6.07) is 5.04. The van der Waals surface area contributed by atoms with Crippen LogP contribution in [0.25, 0.3) is 0 Å². The molecule has 122 valence electrons. The summed E-state index contributed by atoms with van der Waals surface area (Å²) in [6.07, 6.45) is -3.63. The number of hydrogen-bond acceptors (Lipinski definition) is 3. The van der Waals surface area contributed by atoms with Crippen LogP contribution in [0.3, 0.4) is 0 Å². The highest BCUT2D eigenvalue weighted by Crippen LogP contribution is 2.22. The lowest BCUT2D eigenvalue weighted by molar-refractivity contribution is -0.274. The molecule has 0 atom stereocenters. The second-order valence-corrected chi connectivity index (χ2v) is 4.57. The van der Waals surface area contributed by atoms with E-state index in [1.165, 1.54) is 12.1 Å². The van der Waals surface area contributed by atoms with Crippen molar-refractivity contribution in [1.82, 2.24) is 5.32 Å². The second kappa shape index (κ2) is 8.26. The first-order valence-corrected chi connectivity index (χ1v) is 6.59. The third-order valence-corrected chi connectivity index (χ3v) is 2.66. The molecule has 0 aliphatic heterocycles. The molecule has 1 aromatic carbocycles. The van der Waals surface area contributed by atoms with Gasteiger partial charge in [0.25, 0.3) is 0 Å². The van der Waals surface area contributed by atoms with E-state index >= 15 is 0 Å². The Hall–Kier alpha value is -2.25. The standard InChI is InChI=1S/C14H16F3NO4/c15-14(16,17)22-11-6-4-10(5-7-11)9-12(19)18-8-2-1-3-13(20)21/h4-7H,1-3,8-9H2,(H,18,19)(H,20,21). The first-order valence-electron chi connectivity index (χ1n) is 6.59. The van der Waals surface area contributed by atoms with Gasteiger partial charge in [-0.1, -0.05) is 12.1 Å². The van der Waals surface area contributed by atoms with E-state index in [-0.39, 0.29) is 24.5 Å². The van der Waals surface area contributed by atoms with Crippen LogP contribution in [0.1, 0.15) is 24.8 Å². The summed E-state index contributed by atoms with van der Waals surface area (Å²) in [5, 5.41) is 11.1. The van der Waals surface area contributed by atoms with E-state index in [1.54, 1.807) is 0 Å². The van der Waals surface area contributed by atoms with Gasteiger partial charge in [-0.05, 0) is 30.5 Å². The van der Waals surface area contributed by atoms with Gasteiger partial charge in [-0.2, -0.15) is 0 Å². The molecule has 5 nitrogen and oxygen atoms in total. The maximum atomic E-state index is 12.0. The smallest absolute Gasteiger partial charge is 0.481 e. The zero-order valence-corrected chi connectivity index (χ0v) is 11.7. The van der Waals surface area contributed by atoms with Crippen LogP contribution in [0, 0.1) is 0 Å². The molecule has 22 heavy (non-hydrogen) atoms. The number of carbonyl (C=O) groups is 2. The number of ether oxygens (including phenoxy) is 1. The third kappa shape index (κ3) is 8.13. The van der Waals surface area contributed by atoms with Crippen molar-refractivity contribution in [2.45, 2.75) is 32.0 Å². The van der Waals surface area contributed by atoms with E-state index in [1.807, 2.05) is 0 Å². The molecule has 2 N–H and O–H groups in total. The molecule has 0 saturated heterocycles. The van der Waals surface area contributed by atoms with Gasteiger partial charge < -0.3 is 15.2 Å². The third-order valence-electron chi connectivity index (χ3n) is 2.66. The van der Waals surface area contributed by atoms with Gasteiger partial charge in [-0.3, -0.25) is 9.59 Å². The summed E-state index contributed by atoms with van der Waals surface area (Å²) < 4.78 is 39.7. The molecule has 0 heterocycles. The summed E-state index contributed by atoms with van der Waals surface area (Å²) >= 11 is 0. The van der Waals surface area contributed by atoms with Crippen molar-refractivity contribution in [1.29, 1.82) is 0 Å². The summed E-state index contributed by atoms with van der Waals surface area (Å²) in [5.41, 5.74) is 0.553. The Kier molecular flexibility index (Phi) is 6.68. The van der Waals surface area contributed by atoms with Gasteiger partial charge in [0.05, 0.1) is 6.42 Å². The van der Waals surface area contributed by atoms with Crippen LogP contribution in [-0.4, -0.2) is 29.9 Å². The molecule has 0 saturated carbocycles. The fraction of sp³-hybridized carbons (Fsp3) is 0.429. The van der Waals surface area contributed by atoms with Gasteiger partial charge in [-0.25, -0.2) is 0 Å². The van der Waals surface area contributed by atoms with E-state index in [4.69, 9.17) is 5.11 Å². The molecule has 0 aromatic heterocycles. The number of amides is 1. The van der Waals surface area contributed by atoms with Crippen molar-refractivity contribution in [3.05, 3.63) is 29.8 Å². The molecule has 0 aliphatic rings. The van der Waals surface area contributed by atoms with Crippen LogP contribution in [-0.2, 0) is 16.0 Å². The van der Waals surface area contributed by atoms with Crippen LogP contribution < -0.4 is 10.1 Å². The van der Waals surface area contributed by atoms with Crippen molar-refractivity contribution in [2.24, 2.45) is 0 Å². The lowest BCUT2D eigenvalue weighted by atomic mass is 10.1. The first-order chi connectivity index (χ1) is 10.3. The van der Waals surface area contributed by atoms with Crippen molar-refractivity contribution in [3.63, 3.8) is 0 Å². The lowest BCUT2D eigenvalue weighted by Crippen LogP contribution is -2.26. The van der Waals surface area contributed by atoms with Crippen molar-refractivity contribution in [2.75, 3.05) is 6.54 Å². The van der Waals surface area contributed by atoms with Crippen LogP contribution >= 0.6 is 0 Å².